The zero-order valence-corrected chi connectivity index (χ0v) is 17.1. The molecular weight excluding hydrogens is 360 g/mol. The topological polar surface area (TPSA) is 51.2 Å². The lowest BCUT2D eigenvalue weighted by Gasteiger charge is -2.41. The number of carbonyl (C=O) groups is 3. The normalized spacial score (nSPS) is 26.4. The number of benzene rings is 1. The summed E-state index contributed by atoms with van der Waals surface area (Å²) in [6, 6.07) is 9.81. The van der Waals surface area contributed by atoms with Crippen LogP contribution in [0.15, 0.2) is 63.8 Å². The van der Waals surface area contributed by atoms with Gasteiger partial charge in [0.2, 0.25) is 0 Å². The number of hydrogen-bond donors (Lipinski definition) is 0. The van der Waals surface area contributed by atoms with Crippen molar-refractivity contribution in [3.05, 3.63) is 69.3 Å². The van der Waals surface area contributed by atoms with Gasteiger partial charge in [-0.15, -0.1) is 0 Å². The first kappa shape index (κ1) is 18.5. The Balaban J connectivity index is 1.72. The predicted molar refractivity (Wildman–Crippen MR) is 111 cm³/mol. The van der Waals surface area contributed by atoms with Crippen molar-refractivity contribution in [2.45, 2.75) is 64.7 Å². The molecule has 4 aliphatic carbocycles. The summed E-state index contributed by atoms with van der Waals surface area (Å²) in [6.07, 6.45) is 5.09. The van der Waals surface area contributed by atoms with Gasteiger partial charge in [-0.05, 0) is 49.5 Å². The van der Waals surface area contributed by atoms with Crippen molar-refractivity contribution in [1.29, 1.82) is 0 Å². The summed E-state index contributed by atoms with van der Waals surface area (Å²) in [7, 11) is 0. The first-order chi connectivity index (χ1) is 13.9. The van der Waals surface area contributed by atoms with Gasteiger partial charge >= 0.3 is 0 Å². The molecule has 0 aliphatic heterocycles. The minimum absolute atomic E-state index is 0.0207. The van der Waals surface area contributed by atoms with Crippen LogP contribution in [-0.2, 0) is 14.4 Å². The largest absolute Gasteiger partial charge is 0.294 e. The predicted octanol–water partition coefficient (Wildman–Crippen LogP) is 5.18. The van der Waals surface area contributed by atoms with Gasteiger partial charge in [0.25, 0.3) is 0 Å². The first-order valence-corrected chi connectivity index (χ1v) is 10.7. The van der Waals surface area contributed by atoms with Crippen molar-refractivity contribution in [3.63, 3.8) is 0 Å². The molecule has 0 amide bonds. The standard InChI is InChI=1S/C26H26O3/c1-26(2)13-16-12-19-23(25(29)18-11-7-6-10-17(18)24(19)28)22(21(16)20(27)14-26)15-8-4-3-5-9-15/h3-5,8-9,22H,6-7,10-14H2,1-2H3. The lowest BCUT2D eigenvalue weighted by molar-refractivity contribution is -0.119. The molecule has 4 aliphatic rings. The van der Waals surface area contributed by atoms with Crippen LogP contribution in [0.2, 0.25) is 0 Å². The van der Waals surface area contributed by atoms with Crippen LogP contribution in [0.3, 0.4) is 0 Å². The van der Waals surface area contributed by atoms with E-state index in [-0.39, 0.29) is 22.8 Å². The SMILES string of the molecule is CC1(C)CC(=O)C2=C(CC3=C(C(=O)C4=C(CCCC4)C3=O)C2c2ccccc2)C1. The zero-order chi connectivity index (χ0) is 20.3. The molecule has 1 aromatic carbocycles. The first-order valence-electron chi connectivity index (χ1n) is 10.7. The van der Waals surface area contributed by atoms with Crippen molar-refractivity contribution >= 4 is 17.3 Å². The van der Waals surface area contributed by atoms with Crippen LogP contribution in [0.1, 0.15) is 70.3 Å². The van der Waals surface area contributed by atoms with Crippen LogP contribution in [0.4, 0.5) is 0 Å². The van der Waals surface area contributed by atoms with Gasteiger partial charge in [-0.1, -0.05) is 49.8 Å². The minimum Gasteiger partial charge on any atom is -0.294 e. The molecule has 1 atom stereocenters. The van der Waals surface area contributed by atoms with Crippen LogP contribution in [-0.4, -0.2) is 17.3 Å². The monoisotopic (exact) mass is 386 g/mol. The fraction of sp³-hybridized carbons (Fsp3) is 0.423. The minimum atomic E-state index is -0.397. The van der Waals surface area contributed by atoms with E-state index in [1.165, 1.54) is 0 Å². The number of rotatable bonds is 1. The number of carbonyl (C=O) groups excluding carboxylic acids is 3. The van der Waals surface area contributed by atoms with Gasteiger partial charge < -0.3 is 0 Å². The Morgan fingerprint density at radius 2 is 1.45 bits per heavy atom. The molecule has 5 rings (SSSR count). The second-order valence-electron chi connectivity index (χ2n) is 9.69. The lowest BCUT2D eigenvalue weighted by atomic mass is 9.60. The summed E-state index contributed by atoms with van der Waals surface area (Å²) in [5.41, 5.74) is 5.41. The van der Waals surface area contributed by atoms with Gasteiger partial charge in [-0.2, -0.15) is 0 Å². The summed E-state index contributed by atoms with van der Waals surface area (Å²) < 4.78 is 0. The quantitative estimate of drug-likeness (QED) is 0.625. The molecular formula is C26H26O3. The Labute approximate surface area is 171 Å². The van der Waals surface area contributed by atoms with E-state index in [4.69, 9.17) is 0 Å². The fourth-order valence-corrected chi connectivity index (χ4v) is 5.81. The Morgan fingerprint density at radius 3 is 2.14 bits per heavy atom. The molecule has 0 heterocycles. The highest BCUT2D eigenvalue weighted by Gasteiger charge is 2.47. The highest BCUT2D eigenvalue weighted by Crippen LogP contribution is 2.53. The van der Waals surface area contributed by atoms with E-state index < -0.39 is 5.92 Å². The average Bonchev–Trinajstić information content (AvgIpc) is 2.70. The van der Waals surface area contributed by atoms with E-state index in [1.54, 1.807) is 0 Å². The van der Waals surface area contributed by atoms with Crippen molar-refractivity contribution in [2.75, 3.05) is 0 Å². The van der Waals surface area contributed by atoms with E-state index in [0.29, 0.717) is 42.4 Å². The molecule has 0 N–H and O–H groups in total. The van der Waals surface area contributed by atoms with Crippen molar-refractivity contribution in [1.82, 2.24) is 0 Å². The van der Waals surface area contributed by atoms with Gasteiger partial charge in [0.1, 0.15) is 0 Å². The van der Waals surface area contributed by atoms with Crippen molar-refractivity contribution in [3.8, 4) is 0 Å². The molecule has 3 heteroatoms. The molecule has 0 radical (unpaired) electrons. The maximum atomic E-state index is 13.6. The molecule has 0 fully saturated rings. The molecule has 1 aromatic rings. The number of allylic oxidation sites excluding steroid dienone is 6. The van der Waals surface area contributed by atoms with Crippen molar-refractivity contribution in [2.24, 2.45) is 5.41 Å². The van der Waals surface area contributed by atoms with Crippen LogP contribution in [0.5, 0.6) is 0 Å². The Hall–Kier alpha value is -2.55. The molecule has 0 spiro atoms. The maximum absolute atomic E-state index is 13.6. The van der Waals surface area contributed by atoms with E-state index in [0.717, 1.165) is 41.5 Å². The second kappa shape index (κ2) is 6.48. The van der Waals surface area contributed by atoms with Crippen molar-refractivity contribution < 1.29 is 14.4 Å². The van der Waals surface area contributed by atoms with Gasteiger partial charge in [-0.25, -0.2) is 0 Å². The lowest BCUT2D eigenvalue weighted by Crippen LogP contribution is -2.37. The Bertz CT molecular complexity index is 1050. The van der Waals surface area contributed by atoms with Crippen LogP contribution < -0.4 is 0 Å². The molecule has 0 saturated heterocycles. The van der Waals surface area contributed by atoms with Crippen LogP contribution in [0, 0.1) is 5.41 Å². The third-order valence-electron chi connectivity index (χ3n) is 6.97. The fourth-order valence-electron chi connectivity index (χ4n) is 5.81. The Morgan fingerprint density at radius 1 is 0.793 bits per heavy atom. The number of ketones is 3. The zero-order valence-electron chi connectivity index (χ0n) is 17.1. The van der Waals surface area contributed by atoms with Crippen LogP contribution >= 0.6 is 0 Å². The van der Waals surface area contributed by atoms with Gasteiger partial charge in [0.05, 0.1) is 0 Å². The summed E-state index contributed by atoms with van der Waals surface area (Å²) in [5, 5.41) is 0. The third kappa shape index (κ3) is 2.82. The summed E-state index contributed by atoms with van der Waals surface area (Å²) in [4.78, 5) is 40.4. The molecule has 0 bridgehead atoms. The number of Topliss-reactive ketones (excluding diaryl/α,β-unsaturated/α-hetero) is 3. The maximum Gasteiger partial charge on any atom is 0.186 e. The molecule has 3 nitrogen and oxygen atoms in total. The van der Waals surface area contributed by atoms with Crippen LogP contribution in [0.25, 0.3) is 0 Å². The van der Waals surface area contributed by atoms with E-state index >= 15 is 0 Å². The van der Waals surface area contributed by atoms with Gasteiger partial charge in [0.15, 0.2) is 17.3 Å². The summed E-state index contributed by atoms with van der Waals surface area (Å²) >= 11 is 0. The van der Waals surface area contributed by atoms with E-state index in [9.17, 15) is 14.4 Å². The molecule has 148 valence electrons. The summed E-state index contributed by atoms with van der Waals surface area (Å²) in [6.45, 7) is 4.23. The van der Waals surface area contributed by atoms with E-state index in [1.807, 2.05) is 30.3 Å². The van der Waals surface area contributed by atoms with Gasteiger partial charge in [0, 0.05) is 40.2 Å². The molecule has 0 aromatic heterocycles. The highest BCUT2D eigenvalue weighted by molar-refractivity contribution is 6.27. The average molecular weight is 386 g/mol. The van der Waals surface area contributed by atoms with Gasteiger partial charge in [-0.3, -0.25) is 14.4 Å². The smallest absolute Gasteiger partial charge is 0.186 e. The molecule has 0 saturated carbocycles. The molecule has 1 unspecified atom stereocenters. The second-order valence-corrected chi connectivity index (χ2v) is 9.69. The Kier molecular flexibility index (Phi) is 4.13. The third-order valence-corrected chi connectivity index (χ3v) is 6.97. The van der Waals surface area contributed by atoms with E-state index in [2.05, 4.69) is 13.8 Å². The summed E-state index contributed by atoms with van der Waals surface area (Å²) in [5.74, 6) is -0.170. The molecule has 29 heavy (non-hydrogen) atoms. The highest BCUT2D eigenvalue weighted by atomic mass is 16.1. The number of hydrogen-bond acceptors (Lipinski definition) is 3.